The predicted octanol–water partition coefficient (Wildman–Crippen LogP) is 2.78. The van der Waals surface area contributed by atoms with Gasteiger partial charge in [0.15, 0.2) is 5.96 Å². The van der Waals surface area contributed by atoms with Crippen molar-refractivity contribution in [2.24, 2.45) is 10.9 Å². The van der Waals surface area contributed by atoms with E-state index >= 15 is 0 Å². The first-order valence-electron chi connectivity index (χ1n) is 8.22. The van der Waals surface area contributed by atoms with Crippen LogP contribution in [0.4, 0.5) is 0 Å². The van der Waals surface area contributed by atoms with Crippen LogP contribution in [0.15, 0.2) is 9.41 Å². The Bertz CT molecular complexity index is 467. The van der Waals surface area contributed by atoms with E-state index in [1.807, 2.05) is 13.8 Å². The lowest BCUT2D eigenvalue weighted by molar-refractivity contribution is 0.123. The Hall–Kier alpha value is -0.830. The van der Waals surface area contributed by atoms with Gasteiger partial charge in [0, 0.05) is 26.3 Å². The van der Waals surface area contributed by atoms with Crippen LogP contribution < -0.4 is 10.6 Å². The van der Waals surface area contributed by atoms with E-state index in [1.54, 1.807) is 0 Å². The summed E-state index contributed by atoms with van der Waals surface area (Å²) in [6, 6.07) is 0. The van der Waals surface area contributed by atoms with Gasteiger partial charge in [-0.15, -0.1) is 24.0 Å². The summed E-state index contributed by atoms with van der Waals surface area (Å²) < 4.78 is 11.2. The molecule has 0 saturated heterocycles. The van der Waals surface area contributed by atoms with Crippen molar-refractivity contribution in [2.75, 3.05) is 26.3 Å². The van der Waals surface area contributed by atoms with E-state index in [0.29, 0.717) is 12.4 Å². The maximum absolute atomic E-state index is 5.62. The minimum Gasteiger partial charge on any atom is -0.444 e. The molecule has 7 heteroatoms. The highest BCUT2D eigenvalue weighted by atomic mass is 127. The van der Waals surface area contributed by atoms with Crippen molar-refractivity contribution in [1.82, 2.24) is 15.6 Å². The van der Waals surface area contributed by atoms with Crippen LogP contribution in [0.3, 0.4) is 0 Å². The van der Waals surface area contributed by atoms with Gasteiger partial charge in [-0.3, -0.25) is 0 Å². The van der Waals surface area contributed by atoms with Crippen LogP contribution in [0.25, 0.3) is 0 Å². The summed E-state index contributed by atoms with van der Waals surface area (Å²) in [6.45, 7) is 9.77. The number of halogens is 1. The molecule has 1 fully saturated rings. The van der Waals surface area contributed by atoms with Crippen LogP contribution in [0, 0.1) is 19.8 Å². The lowest BCUT2D eigenvalue weighted by Crippen LogP contribution is -2.38. The molecule has 6 nitrogen and oxygen atoms in total. The van der Waals surface area contributed by atoms with Crippen molar-refractivity contribution in [2.45, 2.75) is 46.6 Å². The van der Waals surface area contributed by atoms with E-state index in [0.717, 1.165) is 56.1 Å². The number of nitrogens with zero attached hydrogens (tertiary/aromatic N) is 2. The number of aryl methyl sites for hydroxylation is 2. The van der Waals surface area contributed by atoms with Gasteiger partial charge in [-0.25, -0.2) is 9.98 Å². The molecule has 1 aromatic rings. The Morgan fingerprint density at radius 1 is 1.35 bits per heavy atom. The van der Waals surface area contributed by atoms with Crippen molar-refractivity contribution < 1.29 is 9.15 Å². The zero-order valence-corrected chi connectivity index (χ0v) is 16.7. The minimum atomic E-state index is 0. The Kier molecular flexibility index (Phi) is 9.54. The third-order valence-electron chi connectivity index (χ3n) is 3.60. The van der Waals surface area contributed by atoms with Crippen molar-refractivity contribution in [1.29, 1.82) is 0 Å². The maximum Gasteiger partial charge on any atom is 0.216 e. The number of nitrogens with one attached hydrogen (secondary N) is 2. The standard InChI is InChI=1S/C16H28N4O2.HI/c1-4-17-16(18-8-5-9-21-11-14-6-7-14)19-10-15-20-12(2)13(3)22-15;/h14H,4-11H2,1-3H3,(H2,17,18,19);1H. The largest absolute Gasteiger partial charge is 0.444 e. The third-order valence-corrected chi connectivity index (χ3v) is 3.60. The van der Waals surface area contributed by atoms with Crippen LogP contribution in [0.1, 0.15) is 43.5 Å². The van der Waals surface area contributed by atoms with Crippen LogP contribution in [0.5, 0.6) is 0 Å². The first-order valence-corrected chi connectivity index (χ1v) is 8.22. The van der Waals surface area contributed by atoms with Crippen molar-refractivity contribution in [3.8, 4) is 0 Å². The van der Waals surface area contributed by atoms with Crippen molar-refractivity contribution in [3.63, 3.8) is 0 Å². The van der Waals surface area contributed by atoms with Gasteiger partial charge in [0.2, 0.25) is 5.89 Å². The molecule has 1 heterocycles. The molecular weight excluding hydrogens is 407 g/mol. The first-order chi connectivity index (χ1) is 10.7. The molecule has 0 unspecified atom stereocenters. The molecule has 0 spiro atoms. The summed E-state index contributed by atoms with van der Waals surface area (Å²) in [5.74, 6) is 3.13. The second-order valence-corrected chi connectivity index (χ2v) is 5.74. The zero-order chi connectivity index (χ0) is 15.8. The molecule has 2 N–H and O–H groups in total. The highest BCUT2D eigenvalue weighted by Crippen LogP contribution is 2.28. The van der Waals surface area contributed by atoms with E-state index in [2.05, 4.69) is 27.5 Å². The van der Waals surface area contributed by atoms with Gasteiger partial charge in [0.25, 0.3) is 0 Å². The lowest BCUT2D eigenvalue weighted by Gasteiger charge is -2.10. The number of aliphatic imine (C=N–C) groups is 1. The topological polar surface area (TPSA) is 71.7 Å². The number of hydrogen-bond donors (Lipinski definition) is 2. The summed E-state index contributed by atoms with van der Waals surface area (Å²) in [7, 11) is 0. The van der Waals surface area contributed by atoms with Crippen LogP contribution >= 0.6 is 24.0 Å². The quantitative estimate of drug-likeness (QED) is 0.270. The average molecular weight is 436 g/mol. The van der Waals surface area contributed by atoms with E-state index in [4.69, 9.17) is 9.15 Å². The van der Waals surface area contributed by atoms with E-state index in [1.165, 1.54) is 12.8 Å². The summed E-state index contributed by atoms with van der Waals surface area (Å²) in [4.78, 5) is 8.83. The molecule has 0 bridgehead atoms. The SMILES string of the molecule is CCNC(=NCc1nc(C)c(C)o1)NCCCOCC1CC1.I. The van der Waals surface area contributed by atoms with Crippen molar-refractivity contribution in [3.05, 3.63) is 17.3 Å². The van der Waals surface area contributed by atoms with E-state index < -0.39 is 0 Å². The highest BCUT2D eigenvalue weighted by Gasteiger charge is 2.20. The highest BCUT2D eigenvalue weighted by molar-refractivity contribution is 14.0. The molecule has 0 aromatic carbocycles. The second-order valence-electron chi connectivity index (χ2n) is 5.74. The molecule has 1 aliphatic rings. The van der Waals surface area contributed by atoms with Gasteiger partial charge in [-0.2, -0.15) is 0 Å². The van der Waals surface area contributed by atoms with Gasteiger partial charge in [-0.05, 0) is 46.0 Å². The number of rotatable bonds is 9. The molecular formula is C16H29IN4O2. The Balaban J connectivity index is 0.00000264. The molecule has 1 aliphatic carbocycles. The molecule has 1 aromatic heterocycles. The Morgan fingerprint density at radius 3 is 2.74 bits per heavy atom. The predicted molar refractivity (Wildman–Crippen MR) is 102 cm³/mol. The summed E-state index contributed by atoms with van der Waals surface area (Å²) in [5, 5.41) is 6.53. The molecule has 23 heavy (non-hydrogen) atoms. The summed E-state index contributed by atoms with van der Waals surface area (Å²) in [6.07, 6.45) is 3.67. The zero-order valence-electron chi connectivity index (χ0n) is 14.4. The molecule has 132 valence electrons. The van der Waals surface area contributed by atoms with Gasteiger partial charge in [0.05, 0.1) is 5.69 Å². The average Bonchev–Trinajstić information content (AvgIpc) is 3.26. The molecule has 0 radical (unpaired) electrons. The monoisotopic (exact) mass is 436 g/mol. The molecule has 0 aliphatic heterocycles. The Morgan fingerprint density at radius 2 is 2.13 bits per heavy atom. The lowest BCUT2D eigenvalue weighted by atomic mass is 10.4. The molecule has 0 amide bonds. The molecule has 1 saturated carbocycles. The smallest absolute Gasteiger partial charge is 0.216 e. The minimum absolute atomic E-state index is 0. The van der Waals surface area contributed by atoms with E-state index in [9.17, 15) is 0 Å². The fraction of sp³-hybridized carbons (Fsp3) is 0.750. The number of aromatic nitrogens is 1. The van der Waals surface area contributed by atoms with Crippen molar-refractivity contribution >= 4 is 29.9 Å². The van der Waals surface area contributed by atoms with Gasteiger partial charge in [0.1, 0.15) is 12.3 Å². The maximum atomic E-state index is 5.62. The first kappa shape index (κ1) is 20.2. The van der Waals surface area contributed by atoms with Gasteiger partial charge in [-0.1, -0.05) is 0 Å². The summed E-state index contributed by atoms with van der Waals surface area (Å²) >= 11 is 0. The normalized spacial score (nSPS) is 14.5. The number of oxazole rings is 1. The molecule has 0 atom stereocenters. The fourth-order valence-corrected chi connectivity index (χ4v) is 2.01. The van der Waals surface area contributed by atoms with Crippen LogP contribution in [-0.4, -0.2) is 37.2 Å². The number of ether oxygens (including phenoxy) is 1. The fourth-order valence-electron chi connectivity index (χ4n) is 2.01. The van der Waals surface area contributed by atoms with Crippen LogP contribution in [0.2, 0.25) is 0 Å². The molecule has 2 rings (SSSR count). The summed E-state index contributed by atoms with van der Waals surface area (Å²) in [5.41, 5.74) is 0.927. The second kappa shape index (κ2) is 10.9. The van der Waals surface area contributed by atoms with E-state index in [-0.39, 0.29) is 24.0 Å². The third kappa shape index (κ3) is 8.01. The van der Waals surface area contributed by atoms with Gasteiger partial charge < -0.3 is 19.8 Å². The number of guanidine groups is 1. The number of hydrogen-bond acceptors (Lipinski definition) is 4. The Labute approximate surface area is 155 Å². The van der Waals surface area contributed by atoms with Crippen LogP contribution in [-0.2, 0) is 11.3 Å². The van der Waals surface area contributed by atoms with Gasteiger partial charge >= 0.3 is 0 Å².